The summed E-state index contributed by atoms with van der Waals surface area (Å²) in [4.78, 5) is 12.5. The molecule has 1 unspecified atom stereocenters. The van der Waals surface area contributed by atoms with Crippen molar-refractivity contribution in [1.29, 1.82) is 0 Å². The third-order valence-electron chi connectivity index (χ3n) is 3.91. The van der Waals surface area contributed by atoms with E-state index >= 15 is 0 Å². The molecule has 0 aliphatic rings. The molecule has 0 aromatic rings. The lowest BCUT2D eigenvalue weighted by atomic mass is 10.0. The molecule has 0 rings (SSSR count). The first kappa shape index (κ1) is 26.0. The Morgan fingerprint density at radius 3 is 1.81 bits per heavy atom. The van der Waals surface area contributed by atoms with Crippen LogP contribution in [0.25, 0.3) is 0 Å². The average Bonchev–Trinajstić information content (AvgIpc) is 2.56. The highest BCUT2D eigenvalue weighted by Gasteiger charge is 2.29. The predicted molar refractivity (Wildman–Crippen MR) is 101 cm³/mol. The highest BCUT2D eigenvalue weighted by molar-refractivity contribution is 5.65. The first-order chi connectivity index (χ1) is 12.5. The van der Waals surface area contributed by atoms with Crippen LogP contribution in [0.4, 0.5) is 9.18 Å². The van der Waals surface area contributed by atoms with E-state index in [9.17, 15) is 9.18 Å². The molecule has 0 aromatic heterocycles. The first-order valence-electron chi connectivity index (χ1n) is 9.24. The van der Waals surface area contributed by atoms with Gasteiger partial charge in [0.05, 0.1) is 51.8 Å². The minimum absolute atomic E-state index is 0.0751. The Morgan fingerprint density at radius 2 is 1.41 bits per heavy atom. The zero-order valence-corrected chi connectivity index (χ0v) is 17.3. The molecule has 0 aromatic carbocycles. The molecule has 0 bridgehead atoms. The van der Waals surface area contributed by atoms with Crippen molar-refractivity contribution in [3.8, 4) is 0 Å². The summed E-state index contributed by atoms with van der Waals surface area (Å²) in [6.45, 7) is 11.6. The van der Waals surface area contributed by atoms with E-state index in [0.29, 0.717) is 46.2 Å². The van der Waals surface area contributed by atoms with Crippen LogP contribution in [0.1, 0.15) is 34.6 Å². The maximum Gasteiger partial charge on any atom is 0.407 e. The second-order valence-corrected chi connectivity index (χ2v) is 7.60. The molecule has 0 heterocycles. The van der Waals surface area contributed by atoms with Gasteiger partial charge in [0.2, 0.25) is 0 Å². The van der Waals surface area contributed by atoms with Gasteiger partial charge >= 0.3 is 6.09 Å². The molecular weight excluding hydrogens is 359 g/mol. The van der Waals surface area contributed by atoms with Crippen LogP contribution in [0.3, 0.4) is 0 Å². The van der Waals surface area contributed by atoms with E-state index in [1.165, 1.54) is 4.90 Å². The summed E-state index contributed by atoms with van der Waals surface area (Å²) in [6, 6.07) is 0. The Balaban J connectivity index is 3.55. The van der Waals surface area contributed by atoms with Crippen LogP contribution in [0, 0.1) is 0 Å². The number of carbonyl (C=O) groups is 1. The summed E-state index contributed by atoms with van der Waals surface area (Å²) in [5, 5.41) is 9.15. The van der Waals surface area contributed by atoms with Crippen LogP contribution in [0.5, 0.6) is 0 Å². The molecule has 0 spiro atoms. The van der Waals surface area contributed by atoms with Gasteiger partial charge in [0, 0.05) is 18.6 Å². The standard InChI is InChI=1S/C18H37FN2O6/c1-17(2,3)21(16(22)23)6-7-24-8-9-25-10-11-26-12-13-27-18(4,5)15(19)14-20/h15H,6-14,20H2,1-5H3,(H,22,23). The van der Waals surface area contributed by atoms with E-state index in [1.807, 2.05) is 20.8 Å². The van der Waals surface area contributed by atoms with Gasteiger partial charge in [-0.05, 0) is 34.6 Å². The smallest absolute Gasteiger partial charge is 0.407 e. The molecular formula is C18H37FN2O6. The monoisotopic (exact) mass is 396 g/mol. The lowest BCUT2D eigenvalue weighted by Gasteiger charge is -2.32. The number of nitrogens with zero attached hydrogens (tertiary/aromatic N) is 1. The van der Waals surface area contributed by atoms with Crippen LogP contribution in [0.15, 0.2) is 0 Å². The summed E-state index contributed by atoms with van der Waals surface area (Å²) in [7, 11) is 0. The molecule has 0 radical (unpaired) electrons. The maximum atomic E-state index is 13.5. The minimum Gasteiger partial charge on any atom is -0.465 e. The predicted octanol–water partition coefficient (Wildman–Crippen LogP) is 1.91. The molecule has 8 nitrogen and oxygen atoms in total. The van der Waals surface area contributed by atoms with Crippen molar-refractivity contribution in [1.82, 2.24) is 4.90 Å². The molecule has 0 fully saturated rings. The Bertz CT molecular complexity index is 404. The second-order valence-electron chi connectivity index (χ2n) is 7.60. The van der Waals surface area contributed by atoms with Gasteiger partial charge < -0.3 is 34.7 Å². The normalized spacial score (nSPS) is 13.6. The molecule has 27 heavy (non-hydrogen) atoms. The molecule has 1 atom stereocenters. The Hall–Kier alpha value is -1.00. The highest BCUT2D eigenvalue weighted by atomic mass is 19.1. The number of carboxylic acid groups (broad SMARTS) is 1. The summed E-state index contributed by atoms with van der Waals surface area (Å²) >= 11 is 0. The van der Waals surface area contributed by atoms with Gasteiger partial charge in [0.15, 0.2) is 0 Å². The second kappa shape index (κ2) is 13.2. The van der Waals surface area contributed by atoms with Crippen LogP contribution in [-0.2, 0) is 18.9 Å². The van der Waals surface area contributed by atoms with Gasteiger partial charge in [0.25, 0.3) is 0 Å². The summed E-state index contributed by atoms with van der Waals surface area (Å²) in [5.74, 6) is 0. The van der Waals surface area contributed by atoms with E-state index < -0.39 is 23.4 Å². The summed E-state index contributed by atoms with van der Waals surface area (Å²) in [6.07, 6.45) is -2.18. The van der Waals surface area contributed by atoms with Crippen molar-refractivity contribution < 1.29 is 33.2 Å². The van der Waals surface area contributed by atoms with Gasteiger partial charge in [-0.25, -0.2) is 9.18 Å². The van der Waals surface area contributed by atoms with Crippen molar-refractivity contribution >= 4 is 6.09 Å². The SMILES string of the molecule is CC(C)(OCCOCCOCCOCCN(C(=O)O)C(C)(C)C)C(F)CN. The van der Waals surface area contributed by atoms with E-state index in [-0.39, 0.29) is 13.2 Å². The van der Waals surface area contributed by atoms with Gasteiger partial charge in [-0.1, -0.05) is 0 Å². The lowest BCUT2D eigenvalue weighted by Crippen LogP contribution is -2.46. The molecule has 0 saturated carbocycles. The number of hydrogen-bond donors (Lipinski definition) is 2. The number of ether oxygens (including phenoxy) is 4. The molecule has 0 aliphatic carbocycles. The third kappa shape index (κ3) is 12.1. The van der Waals surface area contributed by atoms with Crippen molar-refractivity contribution in [3.63, 3.8) is 0 Å². The number of amides is 1. The number of hydrogen-bond acceptors (Lipinski definition) is 6. The largest absolute Gasteiger partial charge is 0.465 e. The molecule has 162 valence electrons. The van der Waals surface area contributed by atoms with Crippen LogP contribution < -0.4 is 5.73 Å². The zero-order valence-electron chi connectivity index (χ0n) is 17.3. The van der Waals surface area contributed by atoms with Gasteiger partial charge in [0.1, 0.15) is 6.17 Å². The van der Waals surface area contributed by atoms with Crippen molar-refractivity contribution in [3.05, 3.63) is 0 Å². The zero-order chi connectivity index (χ0) is 20.9. The maximum absolute atomic E-state index is 13.5. The number of halogens is 1. The minimum atomic E-state index is -1.22. The van der Waals surface area contributed by atoms with Crippen molar-refractivity contribution in [2.24, 2.45) is 5.73 Å². The molecule has 3 N–H and O–H groups in total. The quantitative estimate of drug-likeness (QED) is 0.408. The number of nitrogens with two attached hydrogens (primary N) is 1. The van der Waals surface area contributed by atoms with E-state index in [1.54, 1.807) is 13.8 Å². The fourth-order valence-electron chi connectivity index (χ4n) is 2.15. The summed E-state index contributed by atoms with van der Waals surface area (Å²) < 4.78 is 35.0. The fraction of sp³-hybridized carbons (Fsp3) is 0.944. The average molecular weight is 397 g/mol. The van der Waals surface area contributed by atoms with E-state index in [4.69, 9.17) is 29.8 Å². The molecule has 0 aliphatic heterocycles. The first-order valence-corrected chi connectivity index (χ1v) is 9.24. The van der Waals surface area contributed by atoms with Gasteiger partial charge in [-0.15, -0.1) is 0 Å². The lowest BCUT2D eigenvalue weighted by molar-refractivity contribution is -0.0884. The van der Waals surface area contributed by atoms with Crippen LogP contribution in [-0.4, -0.2) is 92.7 Å². The topological polar surface area (TPSA) is 103 Å². The van der Waals surface area contributed by atoms with Gasteiger partial charge in [-0.2, -0.15) is 0 Å². The molecule has 0 saturated heterocycles. The van der Waals surface area contributed by atoms with Crippen molar-refractivity contribution in [2.45, 2.75) is 51.9 Å². The van der Waals surface area contributed by atoms with Crippen molar-refractivity contribution in [2.75, 3.05) is 59.3 Å². The highest BCUT2D eigenvalue weighted by Crippen LogP contribution is 2.17. The van der Waals surface area contributed by atoms with Crippen LogP contribution in [0.2, 0.25) is 0 Å². The fourth-order valence-corrected chi connectivity index (χ4v) is 2.15. The van der Waals surface area contributed by atoms with Gasteiger partial charge in [-0.3, -0.25) is 0 Å². The van der Waals surface area contributed by atoms with Crippen LogP contribution >= 0.6 is 0 Å². The van der Waals surface area contributed by atoms with E-state index in [2.05, 4.69) is 0 Å². The number of alkyl halides is 1. The molecule has 1 amide bonds. The number of rotatable bonds is 15. The third-order valence-corrected chi connectivity index (χ3v) is 3.91. The molecule has 9 heteroatoms. The Kier molecular flexibility index (Phi) is 12.7. The summed E-state index contributed by atoms with van der Waals surface area (Å²) in [5.41, 5.74) is 3.91. The Morgan fingerprint density at radius 1 is 0.963 bits per heavy atom. The van der Waals surface area contributed by atoms with E-state index in [0.717, 1.165) is 0 Å². The Labute approximate surface area is 162 Å².